The van der Waals surface area contributed by atoms with Crippen LogP contribution in [0.15, 0.2) is 18.2 Å². The molecule has 3 rings (SSSR count). The van der Waals surface area contributed by atoms with Gasteiger partial charge in [0.25, 0.3) is 0 Å². The molecule has 16 heavy (non-hydrogen) atoms. The molecule has 2 heteroatoms. The topological polar surface area (TPSA) is 20.3 Å². The quantitative estimate of drug-likeness (QED) is 0.718. The molecule has 1 heterocycles. The fraction of sp³-hybridized carbons (Fsp3) is 0.500. The third-order valence-electron chi connectivity index (χ3n) is 3.65. The van der Waals surface area contributed by atoms with Crippen molar-refractivity contribution in [2.75, 3.05) is 18.0 Å². The van der Waals surface area contributed by atoms with Gasteiger partial charge in [-0.3, -0.25) is 0 Å². The van der Waals surface area contributed by atoms with Gasteiger partial charge in [0.15, 0.2) is 0 Å². The van der Waals surface area contributed by atoms with E-state index in [-0.39, 0.29) is 0 Å². The predicted octanol–water partition coefficient (Wildman–Crippen LogP) is 2.20. The molecule has 0 N–H and O–H groups in total. The van der Waals surface area contributed by atoms with Crippen molar-refractivity contribution in [3.63, 3.8) is 0 Å². The number of nitrogens with zero attached hydrogens (tertiary/aromatic N) is 1. The molecule has 0 bridgehead atoms. The van der Waals surface area contributed by atoms with E-state index in [9.17, 15) is 4.79 Å². The summed E-state index contributed by atoms with van der Waals surface area (Å²) in [5.41, 5.74) is 4.01. The summed E-state index contributed by atoms with van der Waals surface area (Å²) in [6.45, 7) is 2.34. The molecule has 0 atom stereocenters. The van der Waals surface area contributed by atoms with Crippen LogP contribution in [-0.2, 0) is 17.6 Å². The van der Waals surface area contributed by atoms with Gasteiger partial charge in [-0.05, 0) is 36.3 Å². The first kappa shape index (κ1) is 9.88. The molecule has 2 nitrogen and oxygen atoms in total. The summed E-state index contributed by atoms with van der Waals surface area (Å²) >= 11 is 0. The molecule has 2 aliphatic rings. The number of benzene rings is 1. The van der Waals surface area contributed by atoms with E-state index in [1.54, 1.807) is 0 Å². The largest absolute Gasteiger partial charge is 0.370 e. The van der Waals surface area contributed by atoms with Crippen molar-refractivity contribution in [1.82, 2.24) is 0 Å². The maximum atomic E-state index is 10.7. The Kier molecular flexibility index (Phi) is 2.43. The molecule has 84 valence electrons. The molecule has 0 spiro atoms. The molecule has 0 amide bonds. The second-order valence-corrected chi connectivity index (χ2v) is 4.94. The van der Waals surface area contributed by atoms with E-state index < -0.39 is 0 Å². The van der Waals surface area contributed by atoms with Crippen molar-refractivity contribution in [2.45, 2.75) is 25.7 Å². The summed E-state index contributed by atoms with van der Waals surface area (Å²) in [5.74, 6) is 0.912. The van der Waals surface area contributed by atoms with Gasteiger partial charge in [0.1, 0.15) is 6.29 Å². The Labute approximate surface area is 96.3 Å². The molecule has 0 radical (unpaired) electrons. The fourth-order valence-corrected chi connectivity index (χ4v) is 2.67. The molecule has 0 aromatic heterocycles. The van der Waals surface area contributed by atoms with E-state index in [2.05, 4.69) is 23.1 Å². The van der Waals surface area contributed by atoms with Crippen LogP contribution in [0.1, 0.15) is 24.0 Å². The number of anilines is 1. The molecule has 1 saturated carbocycles. The van der Waals surface area contributed by atoms with Crippen LogP contribution in [0.5, 0.6) is 0 Å². The highest BCUT2D eigenvalue weighted by Gasteiger charge is 2.28. The molecule has 0 saturated heterocycles. The zero-order valence-electron chi connectivity index (χ0n) is 9.48. The van der Waals surface area contributed by atoms with Crippen molar-refractivity contribution in [1.29, 1.82) is 0 Å². The number of hydrogen-bond acceptors (Lipinski definition) is 2. The van der Waals surface area contributed by atoms with Crippen molar-refractivity contribution in [3.8, 4) is 0 Å². The molecule has 1 aliphatic heterocycles. The highest BCUT2D eigenvalue weighted by molar-refractivity contribution is 5.69. The number of carbonyl (C=O) groups is 1. The van der Waals surface area contributed by atoms with Gasteiger partial charge >= 0.3 is 0 Å². The monoisotopic (exact) mass is 215 g/mol. The SMILES string of the molecule is O=CCc1cccc2c1N(CC1CC1)CC2. The van der Waals surface area contributed by atoms with E-state index in [1.807, 2.05) is 0 Å². The first-order valence-electron chi connectivity index (χ1n) is 6.18. The van der Waals surface area contributed by atoms with Gasteiger partial charge in [-0.2, -0.15) is 0 Å². The van der Waals surface area contributed by atoms with Gasteiger partial charge in [0.05, 0.1) is 0 Å². The number of hydrogen-bond donors (Lipinski definition) is 0. The first-order valence-corrected chi connectivity index (χ1v) is 6.18. The summed E-state index contributed by atoms with van der Waals surface area (Å²) < 4.78 is 0. The lowest BCUT2D eigenvalue weighted by Gasteiger charge is -2.21. The van der Waals surface area contributed by atoms with E-state index in [0.29, 0.717) is 6.42 Å². The van der Waals surface area contributed by atoms with Crippen LogP contribution >= 0.6 is 0 Å². The van der Waals surface area contributed by atoms with E-state index in [0.717, 1.165) is 25.2 Å². The Balaban J connectivity index is 1.90. The summed E-state index contributed by atoms with van der Waals surface area (Å²) in [6, 6.07) is 6.38. The maximum Gasteiger partial charge on any atom is 0.124 e. The van der Waals surface area contributed by atoms with E-state index in [4.69, 9.17) is 0 Å². The highest BCUT2D eigenvalue weighted by Crippen LogP contribution is 2.37. The zero-order valence-corrected chi connectivity index (χ0v) is 9.48. The van der Waals surface area contributed by atoms with Crippen LogP contribution in [0.25, 0.3) is 0 Å². The van der Waals surface area contributed by atoms with Gasteiger partial charge < -0.3 is 9.69 Å². The number of fused-ring (bicyclic) bond motifs is 1. The van der Waals surface area contributed by atoms with Crippen LogP contribution in [0.4, 0.5) is 5.69 Å². The standard InChI is InChI=1S/C14H17NO/c16-9-7-13-3-1-2-12-6-8-15(14(12)13)10-11-4-5-11/h1-3,9,11H,4-8,10H2. The molecular formula is C14H17NO. The Hall–Kier alpha value is -1.31. The van der Waals surface area contributed by atoms with Crippen molar-refractivity contribution < 1.29 is 4.79 Å². The van der Waals surface area contributed by atoms with Crippen LogP contribution in [0.3, 0.4) is 0 Å². The lowest BCUT2D eigenvalue weighted by molar-refractivity contribution is -0.107. The molecule has 1 aliphatic carbocycles. The first-order chi connectivity index (χ1) is 7.88. The van der Waals surface area contributed by atoms with E-state index >= 15 is 0 Å². The number of rotatable bonds is 4. The van der Waals surface area contributed by atoms with E-state index in [1.165, 1.54) is 36.2 Å². The van der Waals surface area contributed by atoms with Crippen LogP contribution in [0, 0.1) is 5.92 Å². The molecule has 1 aromatic rings. The Bertz CT molecular complexity index is 409. The third-order valence-corrected chi connectivity index (χ3v) is 3.65. The second-order valence-electron chi connectivity index (χ2n) is 4.94. The maximum absolute atomic E-state index is 10.7. The third kappa shape index (κ3) is 1.73. The number of para-hydroxylation sites is 1. The minimum atomic E-state index is 0.560. The molecular weight excluding hydrogens is 198 g/mol. The van der Waals surface area contributed by atoms with Gasteiger partial charge in [-0.1, -0.05) is 18.2 Å². The van der Waals surface area contributed by atoms with Crippen LogP contribution < -0.4 is 4.90 Å². The van der Waals surface area contributed by atoms with Crippen molar-refractivity contribution in [3.05, 3.63) is 29.3 Å². The van der Waals surface area contributed by atoms with Gasteiger partial charge in [-0.15, -0.1) is 0 Å². The van der Waals surface area contributed by atoms with Crippen LogP contribution in [0.2, 0.25) is 0 Å². The minimum absolute atomic E-state index is 0.560. The summed E-state index contributed by atoms with van der Waals surface area (Å²) in [5, 5.41) is 0. The lowest BCUT2D eigenvalue weighted by Crippen LogP contribution is -2.24. The van der Waals surface area contributed by atoms with Gasteiger partial charge in [0, 0.05) is 25.2 Å². The molecule has 1 aromatic carbocycles. The lowest BCUT2D eigenvalue weighted by atomic mass is 10.1. The predicted molar refractivity (Wildman–Crippen MR) is 64.9 cm³/mol. The fourth-order valence-electron chi connectivity index (χ4n) is 2.67. The Morgan fingerprint density at radius 1 is 1.38 bits per heavy atom. The summed E-state index contributed by atoms with van der Waals surface area (Å²) in [7, 11) is 0. The zero-order chi connectivity index (χ0) is 11.0. The Morgan fingerprint density at radius 2 is 2.25 bits per heavy atom. The van der Waals surface area contributed by atoms with Crippen LogP contribution in [-0.4, -0.2) is 19.4 Å². The van der Waals surface area contributed by atoms with Gasteiger partial charge in [0.2, 0.25) is 0 Å². The molecule has 0 unspecified atom stereocenters. The Morgan fingerprint density at radius 3 is 3.00 bits per heavy atom. The number of aldehydes is 1. The summed E-state index contributed by atoms with van der Waals surface area (Å²) in [4.78, 5) is 13.2. The second kappa shape index (κ2) is 3.93. The van der Waals surface area contributed by atoms with Gasteiger partial charge in [-0.25, -0.2) is 0 Å². The minimum Gasteiger partial charge on any atom is -0.370 e. The summed E-state index contributed by atoms with van der Waals surface area (Å²) in [6.07, 6.45) is 5.51. The normalized spacial score (nSPS) is 18.6. The van der Waals surface area contributed by atoms with Crippen molar-refractivity contribution in [2.24, 2.45) is 5.92 Å². The smallest absolute Gasteiger partial charge is 0.124 e. The average Bonchev–Trinajstić information content (AvgIpc) is 3.00. The highest BCUT2D eigenvalue weighted by atomic mass is 16.1. The average molecular weight is 215 g/mol. The number of carbonyl (C=O) groups excluding carboxylic acids is 1. The molecule has 1 fully saturated rings. The van der Waals surface area contributed by atoms with Crippen molar-refractivity contribution >= 4 is 12.0 Å².